The summed E-state index contributed by atoms with van der Waals surface area (Å²) in [5.74, 6) is 0.944. The highest BCUT2D eigenvalue weighted by Crippen LogP contribution is 2.24. The summed E-state index contributed by atoms with van der Waals surface area (Å²) in [5.41, 5.74) is 5.14. The van der Waals surface area contributed by atoms with Crippen molar-refractivity contribution >= 4 is 0 Å². The molecule has 0 aliphatic rings. The smallest absolute Gasteiger partial charge is 0.121 e. The quantitative estimate of drug-likeness (QED) is 0.891. The summed E-state index contributed by atoms with van der Waals surface area (Å²) in [6.07, 6.45) is 0.990. The molecule has 0 aliphatic heterocycles. The molecule has 0 saturated heterocycles. The maximum Gasteiger partial charge on any atom is 0.121 e. The maximum atomic E-state index is 5.33. The minimum absolute atomic E-state index is 0.321. The van der Waals surface area contributed by atoms with Gasteiger partial charge in [-0.2, -0.15) is 0 Å². The van der Waals surface area contributed by atoms with Gasteiger partial charge in [0.05, 0.1) is 7.11 Å². The van der Waals surface area contributed by atoms with Crippen LogP contribution in [0.5, 0.6) is 5.75 Å². The molecule has 0 aliphatic carbocycles. The van der Waals surface area contributed by atoms with Gasteiger partial charge in [0.2, 0.25) is 0 Å². The summed E-state index contributed by atoms with van der Waals surface area (Å²) in [6, 6.07) is 15.4. The molecular formula is C18H23NO. The monoisotopic (exact) mass is 269 g/mol. The molecule has 0 fully saturated rings. The summed E-state index contributed by atoms with van der Waals surface area (Å²) < 4.78 is 5.33. The summed E-state index contributed by atoms with van der Waals surface area (Å²) in [6.45, 7) is 4.22. The molecule has 2 rings (SSSR count). The standard InChI is InChI=1S/C18H23NO/c1-13-6-5-7-15(10-13)12-17(19-3)16-8-9-18(20-4)14(2)11-16/h5-11,17,19H,12H2,1-4H3. The van der Waals surface area contributed by atoms with E-state index in [4.69, 9.17) is 4.74 Å². The van der Waals surface area contributed by atoms with Crippen LogP contribution in [0, 0.1) is 13.8 Å². The van der Waals surface area contributed by atoms with Crippen LogP contribution in [-0.2, 0) is 6.42 Å². The molecule has 0 spiro atoms. The molecule has 20 heavy (non-hydrogen) atoms. The Hall–Kier alpha value is -1.80. The minimum Gasteiger partial charge on any atom is -0.496 e. The van der Waals surface area contributed by atoms with Crippen molar-refractivity contribution in [2.45, 2.75) is 26.3 Å². The van der Waals surface area contributed by atoms with Crippen molar-refractivity contribution in [1.82, 2.24) is 5.32 Å². The highest BCUT2D eigenvalue weighted by Gasteiger charge is 2.11. The van der Waals surface area contributed by atoms with Gasteiger partial charge in [-0.25, -0.2) is 0 Å². The molecule has 2 aromatic carbocycles. The molecule has 2 aromatic rings. The van der Waals surface area contributed by atoms with Gasteiger partial charge in [0.15, 0.2) is 0 Å². The number of benzene rings is 2. The van der Waals surface area contributed by atoms with Crippen molar-refractivity contribution in [1.29, 1.82) is 0 Å². The van der Waals surface area contributed by atoms with Gasteiger partial charge in [-0.05, 0) is 50.1 Å². The van der Waals surface area contributed by atoms with E-state index in [1.165, 1.54) is 22.3 Å². The average Bonchev–Trinajstić information content (AvgIpc) is 2.44. The normalized spacial score (nSPS) is 12.2. The van der Waals surface area contributed by atoms with Gasteiger partial charge in [-0.15, -0.1) is 0 Å². The number of nitrogens with one attached hydrogen (secondary N) is 1. The SMILES string of the molecule is CNC(Cc1cccc(C)c1)c1ccc(OC)c(C)c1. The van der Waals surface area contributed by atoms with Crippen LogP contribution >= 0.6 is 0 Å². The lowest BCUT2D eigenvalue weighted by Gasteiger charge is -2.18. The van der Waals surface area contributed by atoms with E-state index in [9.17, 15) is 0 Å². The molecule has 0 bridgehead atoms. The predicted molar refractivity (Wildman–Crippen MR) is 84.4 cm³/mol. The largest absolute Gasteiger partial charge is 0.496 e. The lowest BCUT2D eigenvalue weighted by Crippen LogP contribution is -2.19. The molecular weight excluding hydrogens is 246 g/mol. The van der Waals surface area contributed by atoms with E-state index in [0.29, 0.717) is 6.04 Å². The molecule has 1 N–H and O–H groups in total. The molecule has 0 saturated carbocycles. The van der Waals surface area contributed by atoms with Crippen molar-refractivity contribution in [2.24, 2.45) is 0 Å². The fourth-order valence-electron chi connectivity index (χ4n) is 2.58. The zero-order valence-corrected chi connectivity index (χ0v) is 12.7. The molecule has 1 atom stereocenters. The number of methoxy groups -OCH3 is 1. The van der Waals surface area contributed by atoms with Crippen LogP contribution in [0.3, 0.4) is 0 Å². The van der Waals surface area contributed by atoms with Crippen LogP contribution < -0.4 is 10.1 Å². The minimum atomic E-state index is 0.321. The second-order valence-electron chi connectivity index (χ2n) is 5.26. The second kappa shape index (κ2) is 6.58. The third kappa shape index (κ3) is 3.40. The Balaban J connectivity index is 2.22. The van der Waals surface area contributed by atoms with Gasteiger partial charge in [-0.3, -0.25) is 0 Å². The highest BCUT2D eigenvalue weighted by molar-refractivity contribution is 5.38. The fraction of sp³-hybridized carbons (Fsp3) is 0.333. The Morgan fingerprint density at radius 1 is 1.10 bits per heavy atom. The van der Waals surface area contributed by atoms with Crippen molar-refractivity contribution in [3.63, 3.8) is 0 Å². The Morgan fingerprint density at radius 2 is 1.90 bits per heavy atom. The van der Waals surface area contributed by atoms with Crippen LogP contribution in [0.15, 0.2) is 42.5 Å². The van der Waals surface area contributed by atoms with E-state index in [1.54, 1.807) is 7.11 Å². The number of ether oxygens (including phenoxy) is 1. The number of hydrogen-bond acceptors (Lipinski definition) is 2. The number of aryl methyl sites for hydroxylation is 2. The number of hydrogen-bond donors (Lipinski definition) is 1. The Bertz CT molecular complexity index is 577. The zero-order chi connectivity index (χ0) is 14.5. The summed E-state index contributed by atoms with van der Waals surface area (Å²) in [4.78, 5) is 0. The molecule has 106 valence electrons. The third-order valence-electron chi connectivity index (χ3n) is 3.69. The topological polar surface area (TPSA) is 21.3 Å². The van der Waals surface area contributed by atoms with Gasteiger partial charge >= 0.3 is 0 Å². The van der Waals surface area contributed by atoms with Crippen molar-refractivity contribution in [2.75, 3.05) is 14.2 Å². The fourth-order valence-corrected chi connectivity index (χ4v) is 2.58. The lowest BCUT2D eigenvalue weighted by atomic mass is 9.96. The molecule has 0 heterocycles. The van der Waals surface area contributed by atoms with Crippen molar-refractivity contribution in [3.05, 3.63) is 64.7 Å². The average molecular weight is 269 g/mol. The first kappa shape index (κ1) is 14.6. The van der Waals surface area contributed by atoms with Crippen molar-refractivity contribution in [3.8, 4) is 5.75 Å². The van der Waals surface area contributed by atoms with Gasteiger partial charge in [-0.1, -0.05) is 42.0 Å². The highest BCUT2D eigenvalue weighted by atomic mass is 16.5. The summed E-state index contributed by atoms with van der Waals surface area (Å²) >= 11 is 0. The predicted octanol–water partition coefficient (Wildman–Crippen LogP) is 3.82. The molecule has 1 unspecified atom stereocenters. The molecule has 0 amide bonds. The molecule has 2 heteroatoms. The van der Waals surface area contributed by atoms with Gasteiger partial charge in [0.25, 0.3) is 0 Å². The Labute approximate surface area is 121 Å². The first-order valence-corrected chi connectivity index (χ1v) is 7.01. The Kier molecular flexibility index (Phi) is 4.80. The van der Waals surface area contributed by atoms with Crippen LogP contribution in [0.1, 0.15) is 28.3 Å². The van der Waals surface area contributed by atoms with Crippen LogP contribution in [0.2, 0.25) is 0 Å². The van der Waals surface area contributed by atoms with E-state index in [0.717, 1.165) is 12.2 Å². The molecule has 2 nitrogen and oxygen atoms in total. The maximum absolute atomic E-state index is 5.33. The molecule has 0 aromatic heterocycles. The number of rotatable bonds is 5. The van der Waals surface area contributed by atoms with E-state index in [-0.39, 0.29) is 0 Å². The van der Waals surface area contributed by atoms with E-state index >= 15 is 0 Å². The van der Waals surface area contributed by atoms with Crippen molar-refractivity contribution < 1.29 is 4.74 Å². The van der Waals surface area contributed by atoms with E-state index in [2.05, 4.69) is 55.6 Å². The summed E-state index contributed by atoms with van der Waals surface area (Å²) in [5, 5.41) is 3.41. The second-order valence-corrected chi connectivity index (χ2v) is 5.26. The molecule has 0 radical (unpaired) electrons. The van der Waals surface area contributed by atoms with E-state index < -0.39 is 0 Å². The number of likely N-dealkylation sites (N-methyl/N-ethyl adjacent to an activating group) is 1. The Morgan fingerprint density at radius 3 is 2.50 bits per heavy atom. The van der Waals surface area contributed by atoms with Gasteiger partial charge in [0.1, 0.15) is 5.75 Å². The first-order valence-electron chi connectivity index (χ1n) is 7.01. The van der Waals surface area contributed by atoms with Crippen LogP contribution in [-0.4, -0.2) is 14.2 Å². The van der Waals surface area contributed by atoms with E-state index in [1.807, 2.05) is 13.1 Å². The van der Waals surface area contributed by atoms with Crippen LogP contribution in [0.25, 0.3) is 0 Å². The lowest BCUT2D eigenvalue weighted by molar-refractivity contribution is 0.411. The summed E-state index contributed by atoms with van der Waals surface area (Å²) in [7, 11) is 3.73. The van der Waals surface area contributed by atoms with Gasteiger partial charge < -0.3 is 10.1 Å². The van der Waals surface area contributed by atoms with Gasteiger partial charge in [0, 0.05) is 6.04 Å². The van der Waals surface area contributed by atoms with Crippen LogP contribution in [0.4, 0.5) is 0 Å². The first-order chi connectivity index (χ1) is 9.63. The zero-order valence-electron chi connectivity index (χ0n) is 12.7. The third-order valence-corrected chi connectivity index (χ3v) is 3.69.